The predicted octanol–water partition coefficient (Wildman–Crippen LogP) is 4.34. The van der Waals surface area contributed by atoms with Crippen LogP contribution in [-0.2, 0) is 0 Å². The van der Waals surface area contributed by atoms with Crippen LogP contribution in [0.2, 0.25) is 0 Å². The van der Waals surface area contributed by atoms with E-state index in [4.69, 9.17) is 9.47 Å². The highest BCUT2D eigenvalue weighted by molar-refractivity contribution is 14.1. The van der Waals surface area contributed by atoms with Gasteiger partial charge in [-0.2, -0.15) is 0 Å². The number of imidazole rings is 1. The maximum Gasteiger partial charge on any atom is 0.137 e. The second-order valence-electron chi connectivity index (χ2n) is 4.66. The summed E-state index contributed by atoms with van der Waals surface area (Å²) in [6, 6.07) is 11.8. The predicted molar refractivity (Wildman–Crippen MR) is 95.8 cm³/mol. The fourth-order valence-corrected chi connectivity index (χ4v) is 2.34. The van der Waals surface area contributed by atoms with E-state index in [1.165, 1.54) is 0 Å². The lowest BCUT2D eigenvalue weighted by molar-refractivity contribution is 0.363. The molecule has 3 aromatic rings. The molecule has 0 N–H and O–H groups in total. The highest BCUT2D eigenvalue weighted by Crippen LogP contribution is 2.23. The summed E-state index contributed by atoms with van der Waals surface area (Å²) in [4.78, 5) is 4.62. The number of rotatable bonds is 5. The molecule has 0 aliphatic heterocycles. The number of benzene rings is 1. The molecule has 0 fully saturated rings. The second kappa shape index (κ2) is 6.83. The van der Waals surface area contributed by atoms with E-state index >= 15 is 0 Å². The number of methoxy groups -OCH3 is 1. The fraction of sp³-hybridized carbons (Fsp3) is 0.118. The van der Waals surface area contributed by atoms with Gasteiger partial charge in [0.2, 0.25) is 0 Å². The van der Waals surface area contributed by atoms with Crippen molar-refractivity contribution >= 4 is 28.2 Å². The molecule has 0 spiro atoms. The Morgan fingerprint density at radius 2 is 1.86 bits per heavy atom. The van der Waals surface area contributed by atoms with Crippen LogP contribution in [0.1, 0.15) is 0 Å². The summed E-state index contributed by atoms with van der Waals surface area (Å²) < 4.78 is 14.7. The smallest absolute Gasteiger partial charge is 0.137 e. The summed E-state index contributed by atoms with van der Waals surface area (Å²) in [6.07, 6.45) is 5.87. The highest BCUT2D eigenvalue weighted by atomic mass is 127. The summed E-state index contributed by atoms with van der Waals surface area (Å²) in [7, 11) is 1.66. The zero-order valence-corrected chi connectivity index (χ0v) is 14.2. The van der Waals surface area contributed by atoms with Crippen molar-refractivity contribution in [2.45, 2.75) is 0 Å². The molecule has 0 aliphatic carbocycles. The van der Waals surface area contributed by atoms with Gasteiger partial charge in [0.25, 0.3) is 0 Å². The summed E-state index contributed by atoms with van der Waals surface area (Å²) in [5.74, 6) is 1.66. The standard InChI is InChI=1S/C17H15IN2O2/c1-21-15-7-8-17-19-16(12-20(17)11-15)13-3-5-14(6-4-13)22-10-2-9-18/h2-9,11-12H,10H2,1H3/b9-2+. The lowest BCUT2D eigenvalue weighted by Crippen LogP contribution is -1.92. The summed E-state index contributed by atoms with van der Waals surface area (Å²) in [5, 5.41) is 0. The Morgan fingerprint density at radius 1 is 1.09 bits per heavy atom. The first-order valence-corrected chi connectivity index (χ1v) is 8.06. The van der Waals surface area contributed by atoms with E-state index in [1.807, 2.05) is 63.4 Å². The molecule has 3 rings (SSSR count). The number of hydrogen-bond donors (Lipinski definition) is 0. The first kappa shape index (κ1) is 14.9. The van der Waals surface area contributed by atoms with E-state index in [-0.39, 0.29) is 0 Å². The Morgan fingerprint density at radius 3 is 2.59 bits per heavy atom. The molecule has 0 saturated carbocycles. The van der Waals surface area contributed by atoms with E-state index in [2.05, 4.69) is 27.6 Å². The Labute approximate surface area is 142 Å². The monoisotopic (exact) mass is 406 g/mol. The molecular weight excluding hydrogens is 391 g/mol. The molecule has 0 atom stereocenters. The Hall–Kier alpha value is -2.02. The van der Waals surface area contributed by atoms with Crippen molar-refractivity contribution in [3.8, 4) is 22.8 Å². The minimum Gasteiger partial charge on any atom is -0.495 e. The van der Waals surface area contributed by atoms with Gasteiger partial charge in [-0.15, -0.1) is 0 Å². The third kappa shape index (κ3) is 3.24. The molecule has 112 valence electrons. The minimum atomic E-state index is 0.580. The van der Waals surface area contributed by atoms with Gasteiger partial charge in [0.05, 0.1) is 19.0 Å². The fourth-order valence-electron chi connectivity index (χ4n) is 2.13. The molecule has 22 heavy (non-hydrogen) atoms. The highest BCUT2D eigenvalue weighted by Gasteiger charge is 2.05. The van der Waals surface area contributed by atoms with Gasteiger partial charge in [0.1, 0.15) is 23.8 Å². The quantitative estimate of drug-likeness (QED) is 0.592. The van der Waals surface area contributed by atoms with Crippen LogP contribution in [0.4, 0.5) is 0 Å². The van der Waals surface area contributed by atoms with Gasteiger partial charge < -0.3 is 13.9 Å². The van der Waals surface area contributed by atoms with Crippen molar-refractivity contribution in [1.29, 1.82) is 0 Å². The van der Waals surface area contributed by atoms with Crippen molar-refractivity contribution in [1.82, 2.24) is 9.38 Å². The van der Waals surface area contributed by atoms with Crippen LogP contribution in [0.3, 0.4) is 0 Å². The summed E-state index contributed by atoms with van der Waals surface area (Å²) in [5.41, 5.74) is 2.87. The minimum absolute atomic E-state index is 0.580. The average molecular weight is 406 g/mol. The zero-order chi connectivity index (χ0) is 15.4. The Balaban J connectivity index is 1.84. The third-order valence-electron chi connectivity index (χ3n) is 3.25. The van der Waals surface area contributed by atoms with E-state index in [1.54, 1.807) is 7.11 Å². The molecule has 0 saturated heterocycles. The molecule has 4 nitrogen and oxygen atoms in total. The molecule has 0 radical (unpaired) electrons. The van der Waals surface area contributed by atoms with E-state index in [0.29, 0.717) is 6.61 Å². The molecular formula is C17H15IN2O2. The van der Waals surface area contributed by atoms with Crippen molar-refractivity contribution in [3.63, 3.8) is 0 Å². The number of nitrogens with zero attached hydrogens (tertiary/aromatic N) is 2. The number of fused-ring (bicyclic) bond motifs is 1. The number of pyridine rings is 1. The average Bonchev–Trinajstić information content (AvgIpc) is 2.98. The van der Waals surface area contributed by atoms with Gasteiger partial charge in [-0.3, -0.25) is 0 Å². The van der Waals surface area contributed by atoms with Crippen LogP contribution in [0, 0.1) is 0 Å². The first-order chi connectivity index (χ1) is 10.8. The molecule has 2 aromatic heterocycles. The largest absolute Gasteiger partial charge is 0.495 e. The van der Waals surface area contributed by atoms with E-state index in [9.17, 15) is 0 Å². The van der Waals surface area contributed by atoms with Crippen LogP contribution in [0.5, 0.6) is 11.5 Å². The molecule has 1 aromatic carbocycles. The van der Waals surface area contributed by atoms with Crippen LogP contribution in [0.25, 0.3) is 16.9 Å². The van der Waals surface area contributed by atoms with Crippen LogP contribution in [0.15, 0.2) is 59.0 Å². The van der Waals surface area contributed by atoms with Gasteiger partial charge >= 0.3 is 0 Å². The topological polar surface area (TPSA) is 35.8 Å². The normalized spacial score (nSPS) is 11.2. The van der Waals surface area contributed by atoms with E-state index < -0.39 is 0 Å². The summed E-state index contributed by atoms with van der Waals surface area (Å²) >= 11 is 2.17. The zero-order valence-electron chi connectivity index (χ0n) is 12.1. The van der Waals surface area contributed by atoms with Crippen LogP contribution in [-0.4, -0.2) is 23.1 Å². The van der Waals surface area contributed by atoms with E-state index in [0.717, 1.165) is 28.4 Å². The lowest BCUT2D eigenvalue weighted by atomic mass is 10.2. The molecule has 0 unspecified atom stereocenters. The van der Waals surface area contributed by atoms with Gasteiger partial charge in [-0.05, 0) is 46.6 Å². The Bertz CT molecular complexity index is 794. The maximum atomic E-state index is 5.59. The van der Waals surface area contributed by atoms with Crippen molar-refractivity contribution in [3.05, 3.63) is 59.0 Å². The Kier molecular flexibility index (Phi) is 4.62. The molecule has 0 bridgehead atoms. The van der Waals surface area contributed by atoms with Crippen LogP contribution < -0.4 is 9.47 Å². The number of halogens is 1. The SMILES string of the molecule is COc1ccc2nc(-c3ccc(OC/C=C/I)cc3)cn2c1. The van der Waals surface area contributed by atoms with Crippen molar-refractivity contribution < 1.29 is 9.47 Å². The van der Waals surface area contributed by atoms with Crippen LogP contribution >= 0.6 is 22.6 Å². The van der Waals surface area contributed by atoms with Gasteiger partial charge in [0, 0.05) is 11.8 Å². The third-order valence-corrected chi connectivity index (χ3v) is 3.75. The van der Waals surface area contributed by atoms with Gasteiger partial charge in [0.15, 0.2) is 0 Å². The second-order valence-corrected chi connectivity index (χ2v) is 5.38. The summed E-state index contributed by atoms with van der Waals surface area (Å²) in [6.45, 7) is 0.580. The molecule has 0 aliphatic rings. The lowest BCUT2D eigenvalue weighted by Gasteiger charge is -2.03. The molecule has 5 heteroatoms. The first-order valence-electron chi connectivity index (χ1n) is 6.81. The number of hydrogen-bond acceptors (Lipinski definition) is 3. The van der Waals surface area contributed by atoms with Gasteiger partial charge in [-0.1, -0.05) is 22.6 Å². The van der Waals surface area contributed by atoms with Gasteiger partial charge in [-0.25, -0.2) is 4.98 Å². The van der Waals surface area contributed by atoms with Crippen molar-refractivity contribution in [2.24, 2.45) is 0 Å². The number of ether oxygens (including phenoxy) is 2. The maximum absolute atomic E-state index is 5.59. The number of aromatic nitrogens is 2. The van der Waals surface area contributed by atoms with Crippen molar-refractivity contribution in [2.75, 3.05) is 13.7 Å². The molecule has 0 amide bonds. The molecule has 2 heterocycles.